The van der Waals surface area contributed by atoms with Crippen molar-refractivity contribution in [3.63, 3.8) is 0 Å². The Morgan fingerprint density at radius 1 is 1.23 bits per heavy atom. The summed E-state index contributed by atoms with van der Waals surface area (Å²) in [6.07, 6.45) is 1.81. The summed E-state index contributed by atoms with van der Waals surface area (Å²) >= 11 is 11.8. The monoisotopic (exact) mass is 334 g/mol. The molecule has 0 radical (unpaired) electrons. The first-order valence-corrected chi connectivity index (χ1v) is 7.41. The van der Waals surface area contributed by atoms with Gasteiger partial charge in [-0.2, -0.15) is 5.10 Å². The summed E-state index contributed by atoms with van der Waals surface area (Å²) in [5, 5.41) is 16.0. The molecule has 1 N–H and O–H groups in total. The fourth-order valence-corrected chi connectivity index (χ4v) is 2.80. The lowest BCUT2D eigenvalue weighted by molar-refractivity contribution is -0.146. The SMILES string of the molecule is O=C1C[C@H](c2ccccc2)N1/N=C\c1cc(Cl)cc(Cl)c1O. The second-order valence-corrected chi connectivity index (χ2v) is 5.78. The lowest BCUT2D eigenvalue weighted by Crippen LogP contribution is -2.42. The third-order valence-electron chi connectivity index (χ3n) is 3.48. The molecule has 1 atom stereocenters. The van der Waals surface area contributed by atoms with Crippen LogP contribution in [0.5, 0.6) is 5.75 Å². The standard InChI is InChI=1S/C16H12Cl2N2O2/c17-12-6-11(16(22)13(18)7-12)9-19-20-14(8-15(20)21)10-4-2-1-3-5-10/h1-7,9,14,22H,8H2/b19-9-/t14-/m1/s1. The van der Waals surface area contributed by atoms with Crippen LogP contribution in [0.25, 0.3) is 0 Å². The zero-order chi connectivity index (χ0) is 15.7. The Balaban J connectivity index is 1.84. The highest BCUT2D eigenvalue weighted by Crippen LogP contribution is 2.35. The van der Waals surface area contributed by atoms with E-state index in [0.717, 1.165) is 5.56 Å². The average Bonchev–Trinajstić information content (AvgIpc) is 2.50. The highest BCUT2D eigenvalue weighted by atomic mass is 35.5. The van der Waals surface area contributed by atoms with Crippen molar-refractivity contribution in [2.75, 3.05) is 0 Å². The van der Waals surface area contributed by atoms with Gasteiger partial charge in [0.15, 0.2) is 0 Å². The third kappa shape index (κ3) is 2.80. The molecule has 1 saturated heterocycles. The minimum Gasteiger partial charge on any atom is -0.506 e. The van der Waals surface area contributed by atoms with E-state index in [0.29, 0.717) is 17.0 Å². The van der Waals surface area contributed by atoms with Crippen molar-refractivity contribution in [3.8, 4) is 5.75 Å². The number of carbonyl (C=O) groups excluding carboxylic acids is 1. The molecule has 1 heterocycles. The molecule has 0 aliphatic carbocycles. The van der Waals surface area contributed by atoms with Crippen LogP contribution >= 0.6 is 23.2 Å². The van der Waals surface area contributed by atoms with Crippen LogP contribution in [-0.2, 0) is 4.79 Å². The number of amides is 1. The summed E-state index contributed by atoms with van der Waals surface area (Å²) in [5.41, 5.74) is 1.39. The predicted octanol–water partition coefficient (Wildman–Crippen LogP) is 4.01. The minimum absolute atomic E-state index is 0.0716. The first-order valence-electron chi connectivity index (χ1n) is 6.65. The smallest absolute Gasteiger partial charge is 0.245 e. The molecule has 112 valence electrons. The van der Waals surface area contributed by atoms with Gasteiger partial charge in [-0.15, -0.1) is 0 Å². The summed E-state index contributed by atoms with van der Waals surface area (Å²) in [6, 6.07) is 12.6. The number of phenols is 1. The van der Waals surface area contributed by atoms with Crippen LogP contribution in [-0.4, -0.2) is 22.2 Å². The number of hydrazone groups is 1. The first-order chi connectivity index (χ1) is 10.6. The third-order valence-corrected chi connectivity index (χ3v) is 3.99. The van der Waals surface area contributed by atoms with Crippen LogP contribution in [0.4, 0.5) is 0 Å². The zero-order valence-electron chi connectivity index (χ0n) is 11.4. The quantitative estimate of drug-likeness (QED) is 0.681. The number of hydrogen-bond donors (Lipinski definition) is 1. The molecule has 0 unspecified atom stereocenters. The molecule has 1 aliphatic heterocycles. The van der Waals surface area contributed by atoms with E-state index in [4.69, 9.17) is 23.2 Å². The Hall–Kier alpha value is -2.04. The number of phenolic OH excluding ortho intramolecular Hbond substituents is 1. The number of aromatic hydroxyl groups is 1. The lowest BCUT2D eigenvalue weighted by atomic mass is 9.96. The average molecular weight is 335 g/mol. The molecule has 4 nitrogen and oxygen atoms in total. The predicted molar refractivity (Wildman–Crippen MR) is 86.4 cm³/mol. The van der Waals surface area contributed by atoms with Gasteiger partial charge in [-0.25, -0.2) is 5.01 Å². The first kappa shape index (κ1) is 14.9. The van der Waals surface area contributed by atoms with Gasteiger partial charge in [0.05, 0.1) is 23.7 Å². The number of nitrogens with zero attached hydrogens (tertiary/aromatic N) is 2. The van der Waals surface area contributed by atoms with Crippen molar-refractivity contribution in [1.29, 1.82) is 0 Å². The molecular formula is C16H12Cl2N2O2. The normalized spacial score (nSPS) is 17.8. The van der Waals surface area contributed by atoms with Crippen molar-refractivity contribution in [1.82, 2.24) is 5.01 Å². The van der Waals surface area contributed by atoms with E-state index < -0.39 is 0 Å². The molecule has 0 aromatic heterocycles. The van der Waals surface area contributed by atoms with E-state index in [1.54, 1.807) is 0 Å². The zero-order valence-corrected chi connectivity index (χ0v) is 12.9. The molecular weight excluding hydrogens is 323 g/mol. The van der Waals surface area contributed by atoms with Crippen molar-refractivity contribution >= 4 is 35.3 Å². The summed E-state index contributed by atoms with van der Waals surface area (Å²) < 4.78 is 0. The number of β-lactam (4-membered cyclic amide) rings is 1. The van der Waals surface area contributed by atoms with Gasteiger partial charge in [0.1, 0.15) is 5.75 Å². The number of carbonyl (C=O) groups is 1. The molecule has 22 heavy (non-hydrogen) atoms. The van der Waals surface area contributed by atoms with Crippen molar-refractivity contribution in [3.05, 3.63) is 63.6 Å². The Morgan fingerprint density at radius 2 is 1.95 bits per heavy atom. The van der Waals surface area contributed by atoms with Crippen LogP contribution in [0.15, 0.2) is 47.6 Å². The molecule has 1 fully saturated rings. The summed E-state index contributed by atoms with van der Waals surface area (Å²) in [5.74, 6) is -0.184. The summed E-state index contributed by atoms with van der Waals surface area (Å²) in [7, 11) is 0. The Bertz CT molecular complexity index is 747. The van der Waals surface area contributed by atoms with E-state index in [1.807, 2.05) is 30.3 Å². The molecule has 3 rings (SSSR count). The molecule has 0 spiro atoms. The number of halogens is 2. The highest BCUT2D eigenvalue weighted by molar-refractivity contribution is 6.36. The van der Waals surface area contributed by atoms with Gasteiger partial charge < -0.3 is 5.11 Å². The maximum absolute atomic E-state index is 11.8. The van der Waals surface area contributed by atoms with Gasteiger partial charge in [-0.05, 0) is 17.7 Å². The summed E-state index contributed by atoms with van der Waals surface area (Å²) in [4.78, 5) is 11.8. The van der Waals surface area contributed by atoms with Crippen LogP contribution in [0.2, 0.25) is 10.0 Å². The van der Waals surface area contributed by atoms with Crippen LogP contribution in [0, 0.1) is 0 Å². The van der Waals surface area contributed by atoms with Crippen LogP contribution in [0.1, 0.15) is 23.6 Å². The molecule has 2 aromatic rings. The van der Waals surface area contributed by atoms with Crippen molar-refractivity contribution < 1.29 is 9.90 Å². The van der Waals surface area contributed by atoms with Crippen LogP contribution < -0.4 is 0 Å². The fraction of sp³-hybridized carbons (Fsp3) is 0.125. The van der Waals surface area contributed by atoms with Gasteiger partial charge in [-0.1, -0.05) is 53.5 Å². The lowest BCUT2D eigenvalue weighted by Gasteiger charge is -2.36. The maximum atomic E-state index is 11.8. The number of hydrogen-bond acceptors (Lipinski definition) is 3. The van der Waals surface area contributed by atoms with E-state index >= 15 is 0 Å². The van der Waals surface area contributed by atoms with Gasteiger partial charge in [-0.3, -0.25) is 4.79 Å². The largest absolute Gasteiger partial charge is 0.506 e. The van der Waals surface area contributed by atoms with Gasteiger partial charge in [0, 0.05) is 10.6 Å². The number of benzene rings is 2. The second kappa shape index (κ2) is 5.99. The molecule has 0 saturated carbocycles. The van der Waals surface area contributed by atoms with Gasteiger partial charge in [0.25, 0.3) is 0 Å². The van der Waals surface area contributed by atoms with Crippen molar-refractivity contribution in [2.24, 2.45) is 5.10 Å². The van der Waals surface area contributed by atoms with E-state index in [1.165, 1.54) is 23.4 Å². The maximum Gasteiger partial charge on any atom is 0.245 e. The molecule has 1 aliphatic rings. The topological polar surface area (TPSA) is 52.9 Å². The minimum atomic E-state index is -0.112. The van der Waals surface area contributed by atoms with E-state index in [9.17, 15) is 9.90 Å². The van der Waals surface area contributed by atoms with E-state index in [-0.39, 0.29) is 22.7 Å². The van der Waals surface area contributed by atoms with Crippen LogP contribution in [0.3, 0.4) is 0 Å². The van der Waals surface area contributed by atoms with Gasteiger partial charge in [0.2, 0.25) is 5.91 Å². The Labute approximate surface area is 137 Å². The Kier molecular flexibility index (Phi) is 4.05. The highest BCUT2D eigenvalue weighted by Gasteiger charge is 2.37. The summed E-state index contributed by atoms with van der Waals surface area (Å²) in [6.45, 7) is 0. The van der Waals surface area contributed by atoms with E-state index in [2.05, 4.69) is 5.10 Å². The van der Waals surface area contributed by atoms with Gasteiger partial charge >= 0.3 is 0 Å². The molecule has 0 bridgehead atoms. The number of rotatable bonds is 3. The Morgan fingerprint density at radius 3 is 2.64 bits per heavy atom. The molecule has 2 aromatic carbocycles. The van der Waals surface area contributed by atoms with Crippen molar-refractivity contribution in [2.45, 2.75) is 12.5 Å². The molecule has 1 amide bonds. The second-order valence-electron chi connectivity index (χ2n) is 4.94. The fourth-order valence-electron chi connectivity index (χ4n) is 2.29. The molecule has 6 heteroatoms.